The molecule has 6 rings (SSSR count). The van der Waals surface area contributed by atoms with Crippen LogP contribution >= 0.6 is 23.1 Å². The normalized spacial score (nSPS) is 19.8. The van der Waals surface area contributed by atoms with Crippen molar-refractivity contribution in [3.8, 4) is 0 Å². The molecule has 0 saturated carbocycles. The molecule has 7 nitrogen and oxygen atoms in total. The van der Waals surface area contributed by atoms with E-state index in [4.69, 9.17) is 0 Å². The summed E-state index contributed by atoms with van der Waals surface area (Å²) in [5.41, 5.74) is -1.84. The summed E-state index contributed by atoms with van der Waals surface area (Å²) in [4.78, 5) is 54.3. The molecule has 3 aromatic carbocycles. The molecule has 1 aromatic heterocycles. The van der Waals surface area contributed by atoms with Gasteiger partial charge in [0, 0.05) is 16.5 Å². The van der Waals surface area contributed by atoms with Gasteiger partial charge in [0.2, 0.25) is 17.7 Å². The van der Waals surface area contributed by atoms with Gasteiger partial charge in [-0.1, -0.05) is 65.6 Å². The molecule has 2 aliphatic rings. The first-order chi connectivity index (χ1) is 21.2. The number of anilines is 2. The second-order valence-corrected chi connectivity index (χ2v) is 12.4. The van der Waals surface area contributed by atoms with Crippen LogP contribution in [-0.2, 0) is 33.3 Å². The highest BCUT2D eigenvalue weighted by molar-refractivity contribution is 8.00. The fourth-order valence-corrected chi connectivity index (χ4v) is 8.24. The van der Waals surface area contributed by atoms with E-state index in [0.717, 1.165) is 69.0 Å². The average molecular weight is 664 g/mol. The number of nitrogens with one attached hydrogen (secondary N) is 1. The van der Waals surface area contributed by atoms with Crippen LogP contribution in [0, 0.1) is 5.92 Å². The molecular formula is C30H19F6N3O4S2. The van der Waals surface area contributed by atoms with E-state index in [9.17, 15) is 45.5 Å². The van der Waals surface area contributed by atoms with Crippen molar-refractivity contribution in [2.75, 3.05) is 10.2 Å². The number of hydrogen-bond donors (Lipinski definition) is 1. The number of thioether (sulfide) groups is 1. The number of carbonyl (C=O) groups is 3. The fourth-order valence-electron chi connectivity index (χ4n) is 5.47. The number of imide groups is 1. The minimum atomic E-state index is -4.72. The SMILES string of the molecule is O=C(Cn1c2c(sc1=O)[C@@H](c1ccccc1)[C@@H]1C(=O)N(c3cccc(C(F)(F)F)c3)C(=O)[C@@H]1S2)Nc1cccc(C(F)(F)F)c1. The molecule has 3 heterocycles. The predicted molar refractivity (Wildman–Crippen MR) is 154 cm³/mol. The maximum atomic E-state index is 13.9. The number of carbonyl (C=O) groups excluding carboxylic acids is 3. The Morgan fingerprint density at radius 3 is 2.11 bits per heavy atom. The van der Waals surface area contributed by atoms with Gasteiger partial charge in [-0.3, -0.25) is 23.7 Å². The molecule has 0 aliphatic carbocycles. The number of amides is 3. The summed E-state index contributed by atoms with van der Waals surface area (Å²) >= 11 is 1.61. The molecular weight excluding hydrogens is 644 g/mol. The van der Waals surface area contributed by atoms with Crippen LogP contribution in [-0.4, -0.2) is 27.5 Å². The van der Waals surface area contributed by atoms with E-state index >= 15 is 0 Å². The van der Waals surface area contributed by atoms with Gasteiger partial charge in [0.1, 0.15) is 11.8 Å². The maximum Gasteiger partial charge on any atom is 0.416 e. The number of alkyl halides is 6. The third-order valence-electron chi connectivity index (χ3n) is 7.42. The first kappa shape index (κ1) is 30.6. The molecule has 3 atom stereocenters. The van der Waals surface area contributed by atoms with Gasteiger partial charge in [0.15, 0.2) is 0 Å². The monoisotopic (exact) mass is 663 g/mol. The quantitative estimate of drug-likeness (QED) is 0.198. The highest BCUT2D eigenvalue weighted by atomic mass is 32.2. The van der Waals surface area contributed by atoms with E-state index < -0.39 is 69.7 Å². The lowest BCUT2D eigenvalue weighted by atomic mass is 9.83. The van der Waals surface area contributed by atoms with Crippen molar-refractivity contribution in [3.05, 3.63) is 110 Å². The van der Waals surface area contributed by atoms with Gasteiger partial charge in [0.25, 0.3) is 0 Å². The number of fused-ring (bicyclic) bond motifs is 2. The third kappa shape index (κ3) is 5.65. The number of halogens is 6. The van der Waals surface area contributed by atoms with Crippen molar-refractivity contribution < 1.29 is 40.7 Å². The molecule has 1 fully saturated rings. The Morgan fingerprint density at radius 2 is 1.44 bits per heavy atom. The number of nitrogens with zero attached hydrogens (tertiary/aromatic N) is 2. The van der Waals surface area contributed by atoms with Crippen molar-refractivity contribution in [1.82, 2.24) is 4.57 Å². The summed E-state index contributed by atoms with van der Waals surface area (Å²) in [5.74, 6) is -4.23. The minimum absolute atomic E-state index is 0.143. The molecule has 3 amide bonds. The average Bonchev–Trinajstić information content (AvgIpc) is 3.43. The molecule has 0 radical (unpaired) electrons. The summed E-state index contributed by atoms with van der Waals surface area (Å²) in [5, 5.41) is 1.43. The van der Waals surface area contributed by atoms with Gasteiger partial charge < -0.3 is 5.32 Å². The molecule has 4 aromatic rings. The Balaban J connectivity index is 1.37. The Morgan fingerprint density at radius 1 is 0.800 bits per heavy atom. The van der Waals surface area contributed by atoms with Crippen LogP contribution < -0.4 is 15.1 Å². The second-order valence-electron chi connectivity index (χ2n) is 10.3. The zero-order chi connectivity index (χ0) is 32.3. The van der Waals surface area contributed by atoms with Gasteiger partial charge in [0.05, 0.1) is 27.8 Å². The Hall–Kier alpha value is -4.37. The first-order valence-electron chi connectivity index (χ1n) is 13.2. The number of aromatic nitrogens is 1. The lowest BCUT2D eigenvalue weighted by Crippen LogP contribution is -2.33. The van der Waals surface area contributed by atoms with Gasteiger partial charge in [-0.05, 0) is 42.0 Å². The topological polar surface area (TPSA) is 88.5 Å². The first-order valence-corrected chi connectivity index (χ1v) is 14.9. The van der Waals surface area contributed by atoms with E-state index in [1.165, 1.54) is 12.1 Å². The van der Waals surface area contributed by atoms with Crippen LogP contribution in [0.2, 0.25) is 0 Å². The smallest absolute Gasteiger partial charge is 0.325 e. The minimum Gasteiger partial charge on any atom is -0.325 e. The largest absolute Gasteiger partial charge is 0.416 e. The molecule has 0 bridgehead atoms. The standard InChI is InChI=1S/C30H19F6N3O4S2/c31-29(32,33)16-8-4-10-18(12-16)37-20(40)14-38-27-24(45-28(38)43)21(15-6-2-1-3-7-15)22-23(44-27)26(42)39(25(22)41)19-11-5-9-17(13-19)30(34,35)36/h1-13,21-23H,14H2,(H,37,40)/t21-,22-,23+/m0/s1. The van der Waals surface area contributed by atoms with Crippen LogP contribution in [0.1, 0.15) is 27.5 Å². The summed E-state index contributed by atoms with van der Waals surface area (Å²) in [7, 11) is 0. The fraction of sp³-hybridized carbons (Fsp3) is 0.200. The van der Waals surface area contributed by atoms with Gasteiger partial charge in [-0.2, -0.15) is 26.3 Å². The van der Waals surface area contributed by atoms with E-state index in [1.54, 1.807) is 30.3 Å². The summed E-state index contributed by atoms with van der Waals surface area (Å²) in [6.07, 6.45) is -9.36. The second kappa shape index (κ2) is 11.2. The zero-order valence-electron chi connectivity index (χ0n) is 22.6. The van der Waals surface area contributed by atoms with E-state index in [2.05, 4.69) is 5.32 Å². The Labute approximate surface area is 258 Å². The van der Waals surface area contributed by atoms with E-state index in [-0.39, 0.29) is 16.4 Å². The van der Waals surface area contributed by atoms with Crippen LogP contribution in [0.25, 0.3) is 0 Å². The molecule has 0 unspecified atom stereocenters. The lowest BCUT2D eigenvalue weighted by Gasteiger charge is -2.30. The van der Waals surface area contributed by atoms with Crippen molar-refractivity contribution in [2.24, 2.45) is 5.92 Å². The Kier molecular flexibility index (Phi) is 7.64. The maximum absolute atomic E-state index is 13.9. The van der Waals surface area contributed by atoms with Gasteiger partial charge in [-0.15, -0.1) is 0 Å². The predicted octanol–water partition coefficient (Wildman–Crippen LogP) is 6.38. The molecule has 2 aliphatic heterocycles. The summed E-state index contributed by atoms with van der Waals surface area (Å²) in [6, 6.07) is 16.3. The molecule has 0 spiro atoms. The third-order valence-corrected chi connectivity index (χ3v) is 10.0. The molecule has 15 heteroatoms. The number of thiazole rings is 1. The Bertz CT molecular complexity index is 1890. The van der Waals surface area contributed by atoms with Crippen molar-refractivity contribution in [3.63, 3.8) is 0 Å². The lowest BCUT2D eigenvalue weighted by molar-refractivity contribution is -0.138. The van der Waals surface area contributed by atoms with Gasteiger partial charge >= 0.3 is 17.2 Å². The van der Waals surface area contributed by atoms with Gasteiger partial charge in [-0.25, -0.2) is 4.90 Å². The van der Waals surface area contributed by atoms with Crippen LogP contribution in [0.15, 0.2) is 88.7 Å². The number of benzene rings is 3. The van der Waals surface area contributed by atoms with Crippen molar-refractivity contribution in [2.45, 2.75) is 35.1 Å². The zero-order valence-corrected chi connectivity index (χ0v) is 24.2. The molecule has 1 N–H and O–H groups in total. The van der Waals surface area contributed by atoms with E-state index in [0.29, 0.717) is 10.4 Å². The van der Waals surface area contributed by atoms with E-state index in [1.807, 2.05) is 0 Å². The number of rotatable bonds is 5. The summed E-state index contributed by atoms with van der Waals surface area (Å²) < 4.78 is 80.9. The molecule has 232 valence electrons. The van der Waals surface area contributed by atoms with Crippen molar-refractivity contribution in [1.29, 1.82) is 0 Å². The number of hydrogen-bond acceptors (Lipinski definition) is 6. The van der Waals surface area contributed by atoms with Crippen LogP contribution in [0.4, 0.5) is 37.7 Å². The highest BCUT2D eigenvalue weighted by Crippen LogP contribution is 2.54. The van der Waals surface area contributed by atoms with Crippen molar-refractivity contribution >= 4 is 52.2 Å². The van der Waals surface area contributed by atoms with Crippen LogP contribution in [0.3, 0.4) is 0 Å². The van der Waals surface area contributed by atoms with Crippen LogP contribution in [0.5, 0.6) is 0 Å². The highest BCUT2D eigenvalue weighted by Gasteiger charge is 2.57. The molecule has 1 saturated heterocycles. The summed E-state index contributed by atoms with van der Waals surface area (Å²) in [6.45, 7) is -0.605. The molecule has 45 heavy (non-hydrogen) atoms.